The Labute approximate surface area is 123 Å². The molecule has 0 aliphatic carbocycles. The molecule has 2 heterocycles. The lowest BCUT2D eigenvalue weighted by atomic mass is 9.99. The molecule has 0 saturated heterocycles. The first kappa shape index (κ1) is 11.9. The van der Waals surface area contributed by atoms with Crippen molar-refractivity contribution >= 4 is 11.0 Å². The predicted octanol–water partition coefficient (Wildman–Crippen LogP) is 4.90. The molecule has 2 nitrogen and oxygen atoms in total. The third-order valence-electron chi connectivity index (χ3n) is 3.76. The van der Waals surface area contributed by atoms with Crippen molar-refractivity contribution in [2.24, 2.45) is 0 Å². The molecule has 1 N–H and O–H groups in total. The Bertz CT molecular complexity index is 874. The van der Waals surface area contributed by atoms with E-state index in [1.807, 2.05) is 18.5 Å². The normalized spacial score (nSPS) is 10.9. The number of nitrogens with zero attached hydrogens (tertiary/aromatic N) is 1. The zero-order valence-corrected chi connectivity index (χ0v) is 11.5. The third-order valence-corrected chi connectivity index (χ3v) is 3.76. The van der Waals surface area contributed by atoms with Gasteiger partial charge in [-0.05, 0) is 34.4 Å². The fourth-order valence-electron chi connectivity index (χ4n) is 2.69. The first-order chi connectivity index (χ1) is 10.4. The maximum Gasteiger partial charge on any atom is 0.137 e. The molecule has 0 bridgehead atoms. The molecule has 2 heteroatoms. The Morgan fingerprint density at radius 1 is 0.667 bits per heavy atom. The van der Waals surface area contributed by atoms with Gasteiger partial charge in [-0.2, -0.15) is 0 Å². The Hall–Kier alpha value is -2.87. The Balaban J connectivity index is 1.79. The van der Waals surface area contributed by atoms with E-state index < -0.39 is 0 Å². The summed E-state index contributed by atoms with van der Waals surface area (Å²) >= 11 is 0. The Morgan fingerprint density at radius 3 is 2.19 bits per heavy atom. The molecule has 2 aromatic carbocycles. The molecule has 0 aliphatic rings. The summed E-state index contributed by atoms with van der Waals surface area (Å²) in [5.41, 5.74) is 5.83. The summed E-state index contributed by atoms with van der Waals surface area (Å²) in [5.74, 6) is 0. The number of hydrogen-bond acceptors (Lipinski definition) is 1. The molecule has 4 rings (SSSR count). The van der Waals surface area contributed by atoms with Crippen LogP contribution in [-0.2, 0) is 0 Å². The molecule has 0 amide bonds. The molecule has 0 saturated carbocycles. The molecule has 21 heavy (non-hydrogen) atoms. The van der Waals surface area contributed by atoms with Gasteiger partial charge in [0.25, 0.3) is 0 Å². The lowest BCUT2D eigenvalue weighted by Crippen LogP contribution is -1.83. The lowest BCUT2D eigenvalue weighted by Gasteiger charge is -2.06. The monoisotopic (exact) mass is 270 g/mol. The number of nitrogens with one attached hydrogen (secondary N) is 1. The molecule has 0 spiro atoms. The number of benzene rings is 2. The second kappa shape index (κ2) is 4.91. The van der Waals surface area contributed by atoms with E-state index in [2.05, 4.69) is 70.6 Å². The number of H-pyrrole nitrogens is 1. The highest BCUT2D eigenvalue weighted by atomic mass is 14.8. The zero-order chi connectivity index (χ0) is 14.1. The topological polar surface area (TPSA) is 28.7 Å². The third kappa shape index (κ3) is 2.11. The largest absolute Gasteiger partial charge is 0.346 e. The SMILES string of the molecule is c1ccc(-c2ccc(-c3ccnc4[nH]ccc34)cc2)cc1. The minimum Gasteiger partial charge on any atom is -0.346 e. The fraction of sp³-hybridized carbons (Fsp3) is 0. The van der Waals surface area contributed by atoms with Crippen LogP contribution in [0.25, 0.3) is 33.3 Å². The van der Waals surface area contributed by atoms with E-state index >= 15 is 0 Å². The molecule has 2 aromatic heterocycles. The maximum absolute atomic E-state index is 4.34. The van der Waals surface area contributed by atoms with Crippen LogP contribution in [0, 0.1) is 0 Å². The molecule has 0 unspecified atom stereocenters. The van der Waals surface area contributed by atoms with Gasteiger partial charge < -0.3 is 4.98 Å². The molecule has 4 aromatic rings. The number of fused-ring (bicyclic) bond motifs is 1. The van der Waals surface area contributed by atoms with Crippen molar-refractivity contribution in [1.29, 1.82) is 0 Å². The van der Waals surface area contributed by atoms with E-state index in [0.29, 0.717) is 0 Å². The molecular weight excluding hydrogens is 256 g/mol. The predicted molar refractivity (Wildman–Crippen MR) is 87.0 cm³/mol. The summed E-state index contributed by atoms with van der Waals surface area (Å²) in [6, 6.07) is 23.2. The Kier molecular flexibility index (Phi) is 2.79. The van der Waals surface area contributed by atoms with Gasteiger partial charge in [-0.25, -0.2) is 4.98 Å². The first-order valence-corrected chi connectivity index (χ1v) is 7.00. The molecular formula is C19H14N2. The van der Waals surface area contributed by atoms with Gasteiger partial charge in [0.05, 0.1) is 0 Å². The van der Waals surface area contributed by atoms with Crippen molar-refractivity contribution in [3.8, 4) is 22.3 Å². The summed E-state index contributed by atoms with van der Waals surface area (Å²) in [5, 5.41) is 1.16. The minimum absolute atomic E-state index is 0.930. The number of aromatic nitrogens is 2. The van der Waals surface area contributed by atoms with Crippen molar-refractivity contribution in [2.75, 3.05) is 0 Å². The van der Waals surface area contributed by atoms with E-state index in [1.165, 1.54) is 22.3 Å². The standard InChI is InChI=1S/C19H14N2/c1-2-4-14(5-3-1)15-6-8-16(9-7-15)17-10-12-20-19-18(17)11-13-21-19/h1-13H,(H,20,21). The highest BCUT2D eigenvalue weighted by Crippen LogP contribution is 2.29. The van der Waals surface area contributed by atoms with E-state index in [0.717, 1.165) is 11.0 Å². The fourth-order valence-corrected chi connectivity index (χ4v) is 2.69. The number of hydrogen-bond donors (Lipinski definition) is 1. The van der Waals surface area contributed by atoms with Gasteiger partial charge in [-0.15, -0.1) is 0 Å². The lowest BCUT2D eigenvalue weighted by molar-refractivity contribution is 1.33. The van der Waals surface area contributed by atoms with E-state index in [9.17, 15) is 0 Å². The number of aromatic amines is 1. The molecule has 0 atom stereocenters. The van der Waals surface area contributed by atoms with Crippen LogP contribution in [0.4, 0.5) is 0 Å². The van der Waals surface area contributed by atoms with Gasteiger partial charge >= 0.3 is 0 Å². The Morgan fingerprint density at radius 2 is 1.38 bits per heavy atom. The average molecular weight is 270 g/mol. The number of pyridine rings is 1. The van der Waals surface area contributed by atoms with Crippen LogP contribution in [0.1, 0.15) is 0 Å². The highest BCUT2D eigenvalue weighted by Gasteiger charge is 2.05. The van der Waals surface area contributed by atoms with Crippen molar-refractivity contribution in [3.63, 3.8) is 0 Å². The van der Waals surface area contributed by atoms with Gasteiger partial charge in [0.15, 0.2) is 0 Å². The van der Waals surface area contributed by atoms with E-state index in [1.54, 1.807) is 0 Å². The summed E-state index contributed by atoms with van der Waals surface area (Å²) in [4.78, 5) is 7.49. The van der Waals surface area contributed by atoms with Crippen LogP contribution in [0.3, 0.4) is 0 Å². The van der Waals surface area contributed by atoms with Crippen molar-refractivity contribution < 1.29 is 0 Å². The van der Waals surface area contributed by atoms with Crippen LogP contribution in [0.15, 0.2) is 79.1 Å². The molecule has 0 fully saturated rings. The minimum atomic E-state index is 0.930. The first-order valence-electron chi connectivity index (χ1n) is 7.00. The maximum atomic E-state index is 4.34. The molecule has 0 radical (unpaired) electrons. The second-order valence-corrected chi connectivity index (χ2v) is 5.04. The van der Waals surface area contributed by atoms with Gasteiger partial charge in [-0.3, -0.25) is 0 Å². The van der Waals surface area contributed by atoms with Crippen LogP contribution >= 0.6 is 0 Å². The zero-order valence-electron chi connectivity index (χ0n) is 11.5. The summed E-state index contributed by atoms with van der Waals surface area (Å²) in [7, 11) is 0. The van der Waals surface area contributed by atoms with Crippen LogP contribution in [0.5, 0.6) is 0 Å². The van der Waals surface area contributed by atoms with Gasteiger partial charge in [0.1, 0.15) is 5.65 Å². The van der Waals surface area contributed by atoms with E-state index in [-0.39, 0.29) is 0 Å². The summed E-state index contributed by atoms with van der Waals surface area (Å²) in [6.45, 7) is 0. The van der Waals surface area contributed by atoms with Crippen LogP contribution < -0.4 is 0 Å². The van der Waals surface area contributed by atoms with Gasteiger partial charge in [0, 0.05) is 17.8 Å². The number of rotatable bonds is 2. The highest BCUT2D eigenvalue weighted by molar-refractivity contribution is 5.93. The molecule has 0 aliphatic heterocycles. The summed E-state index contributed by atoms with van der Waals surface area (Å²) in [6.07, 6.45) is 3.78. The average Bonchev–Trinajstić information content (AvgIpc) is 3.04. The quantitative estimate of drug-likeness (QED) is 0.551. The summed E-state index contributed by atoms with van der Waals surface area (Å²) < 4.78 is 0. The smallest absolute Gasteiger partial charge is 0.137 e. The van der Waals surface area contributed by atoms with Gasteiger partial charge in [-0.1, -0.05) is 54.6 Å². The van der Waals surface area contributed by atoms with Crippen molar-refractivity contribution in [1.82, 2.24) is 9.97 Å². The van der Waals surface area contributed by atoms with E-state index in [4.69, 9.17) is 0 Å². The molecule has 100 valence electrons. The van der Waals surface area contributed by atoms with Crippen molar-refractivity contribution in [3.05, 3.63) is 79.1 Å². The van der Waals surface area contributed by atoms with Crippen LogP contribution in [-0.4, -0.2) is 9.97 Å². The van der Waals surface area contributed by atoms with Gasteiger partial charge in [0.2, 0.25) is 0 Å². The second-order valence-electron chi connectivity index (χ2n) is 5.04. The van der Waals surface area contributed by atoms with Crippen molar-refractivity contribution in [2.45, 2.75) is 0 Å². The van der Waals surface area contributed by atoms with Crippen LogP contribution in [0.2, 0.25) is 0 Å².